The van der Waals surface area contributed by atoms with E-state index >= 15 is 0 Å². The first kappa shape index (κ1) is 11.5. The lowest BCUT2D eigenvalue weighted by molar-refractivity contribution is 0.271. The maximum Gasteiger partial charge on any atom is 0.0460 e. The number of rotatable bonds is 1. The summed E-state index contributed by atoms with van der Waals surface area (Å²) >= 11 is 0. The highest BCUT2D eigenvalue weighted by atomic mass is 15.1. The number of hydrogen-bond acceptors (Lipinski definition) is 1. The molecule has 2 aromatic rings. The Morgan fingerprint density at radius 3 is 2.89 bits per heavy atom. The molecule has 1 aliphatic heterocycles. The molecule has 2 heterocycles. The molecule has 1 atom stereocenters. The summed E-state index contributed by atoms with van der Waals surface area (Å²) in [5.41, 5.74) is 5.65. The van der Waals surface area contributed by atoms with E-state index in [2.05, 4.69) is 61.2 Å². The molecule has 0 fully saturated rings. The van der Waals surface area contributed by atoms with Gasteiger partial charge in [-0.15, -0.1) is 0 Å². The van der Waals surface area contributed by atoms with Crippen molar-refractivity contribution >= 4 is 16.5 Å². The Kier molecular flexibility index (Phi) is 2.75. The van der Waals surface area contributed by atoms with Gasteiger partial charge in [-0.1, -0.05) is 23.8 Å². The molecule has 2 nitrogen and oxygen atoms in total. The molecular formula is C16H20N2. The monoisotopic (exact) mass is 240 g/mol. The summed E-state index contributed by atoms with van der Waals surface area (Å²) in [6.07, 6.45) is 3.31. The van der Waals surface area contributed by atoms with Gasteiger partial charge in [0.1, 0.15) is 0 Å². The Balaban J connectivity index is 2.12. The summed E-state index contributed by atoms with van der Waals surface area (Å²) < 4.78 is 0. The fourth-order valence-corrected chi connectivity index (χ4v) is 2.91. The standard InChI is InChI=1S/C16H20N2/c1-11-10-18(3)12(2)8-14(11)15-9-17-16-7-5-4-6-13(15)16/h4-7,9,12,17H,8,10H2,1-3H3/t12-/m0/s1. The van der Waals surface area contributed by atoms with Gasteiger partial charge in [-0.25, -0.2) is 0 Å². The molecule has 0 saturated carbocycles. The number of benzene rings is 1. The molecule has 18 heavy (non-hydrogen) atoms. The summed E-state index contributed by atoms with van der Waals surface area (Å²) in [6.45, 7) is 5.65. The molecule has 94 valence electrons. The fraction of sp³-hybridized carbons (Fsp3) is 0.375. The topological polar surface area (TPSA) is 19.0 Å². The van der Waals surface area contributed by atoms with Crippen molar-refractivity contribution in [1.29, 1.82) is 0 Å². The van der Waals surface area contributed by atoms with E-state index in [1.54, 1.807) is 0 Å². The van der Waals surface area contributed by atoms with Crippen molar-refractivity contribution in [2.75, 3.05) is 13.6 Å². The zero-order valence-corrected chi connectivity index (χ0v) is 11.3. The first-order valence-electron chi connectivity index (χ1n) is 6.62. The van der Waals surface area contributed by atoms with Crippen molar-refractivity contribution < 1.29 is 0 Å². The van der Waals surface area contributed by atoms with Gasteiger partial charge in [0, 0.05) is 35.2 Å². The number of fused-ring (bicyclic) bond motifs is 1. The number of likely N-dealkylation sites (N-methyl/N-ethyl adjacent to an activating group) is 1. The second kappa shape index (κ2) is 4.29. The fourth-order valence-electron chi connectivity index (χ4n) is 2.91. The van der Waals surface area contributed by atoms with Crippen LogP contribution in [0.1, 0.15) is 25.8 Å². The number of H-pyrrole nitrogens is 1. The smallest absolute Gasteiger partial charge is 0.0460 e. The Labute approximate surface area is 108 Å². The third kappa shape index (κ3) is 1.77. The Hall–Kier alpha value is -1.54. The Morgan fingerprint density at radius 1 is 1.28 bits per heavy atom. The van der Waals surface area contributed by atoms with Crippen LogP contribution in [0.4, 0.5) is 0 Å². The highest BCUT2D eigenvalue weighted by Gasteiger charge is 2.22. The Bertz CT molecular complexity index is 606. The maximum absolute atomic E-state index is 3.38. The predicted octanol–water partition coefficient (Wildman–Crippen LogP) is 3.67. The highest BCUT2D eigenvalue weighted by Crippen LogP contribution is 2.34. The third-order valence-electron chi connectivity index (χ3n) is 4.17. The summed E-state index contributed by atoms with van der Waals surface area (Å²) in [5.74, 6) is 0. The van der Waals surface area contributed by atoms with Gasteiger partial charge in [0.15, 0.2) is 0 Å². The van der Waals surface area contributed by atoms with Crippen molar-refractivity contribution in [1.82, 2.24) is 9.88 Å². The number of nitrogens with one attached hydrogen (secondary N) is 1. The van der Waals surface area contributed by atoms with E-state index in [0.717, 1.165) is 13.0 Å². The average molecular weight is 240 g/mol. The minimum Gasteiger partial charge on any atom is -0.361 e. The normalized spacial score (nSPS) is 21.8. The van der Waals surface area contributed by atoms with Crippen LogP contribution in [0.25, 0.3) is 16.5 Å². The zero-order chi connectivity index (χ0) is 12.7. The van der Waals surface area contributed by atoms with E-state index in [1.165, 1.54) is 27.6 Å². The van der Waals surface area contributed by atoms with E-state index in [-0.39, 0.29) is 0 Å². The lowest BCUT2D eigenvalue weighted by atomic mass is 9.90. The molecule has 2 heteroatoms. The van der Waals surface area contributed by atoms with Gasteiger partial charge in [0.2, 0.25) is 0 Å². The summed E-state index contributed by atoms with van der Waals surface area (Å²) in [4.78, 5) is 5.81. The van der Waals surface area contributed by atoms with Crippen LogP contribution in [0.5, 0.6) is 0 Å². The van der Waals surface area contributed by atoms with Crippen molar-refractivity contribution in [2.24, 2.45) is 0 Å². The minimum absolute atomic E-state index is 0.623. The van der Waals surface area contributed by atoms with Gasteiger partial charge in [0.05, 0.1) is 0 Å². The van der Waals surface area contributed by atoms with Crippen molar-refractivity contribution in [2.45, 2.75) is 26.3 Å². The summed E-state index contributed by atoms with van der Waals surface area (Å²) in [7, 11) is 2.21. The van der Waals surface area contributed by atoms with Crippen molar-refractivity contribution in [3.05, 3.63) is 41.6 Å². The SMILES string of the molecule is CC1=C(c2c[nH]c3ccccc23)C[C@H](C)N(C)C1. The largest absolute Gasteiger partial charge is 0.361 e. The van der Waals surface area contributed by atoms with E-state index in [9.17, 15) is 0 Å². The lowest BCUT2D eigenvalue weighted by Gasteiger charge is -2.32. The van der Waals surface area contributed by atoms with Gasteiger partial charge in [0.25, 0.3) is 0 Å². The lowest BCUT2D eigenvalue weighted by Crippen LogP contribution is -2.34. The molecule has 1 N–H and O–H groups in total. The van der Waals surface area contributed by atoms with Crippen molar-refractivity contribution in [3.8, 4) is 0 Å². The van der Waals surface area contributed by atoms with Crippen LogP contribution in [-0.4, -0.2) is 29.5 Å². The van der Waals surface area contributed by atoms with E-state index in [4.69, 9.17) is 0 Å². The first-order chi connectivity index (χ1) is 8.66. The van der Waals surface area contributed by atoms with Gasteiger partial charge in [-0.3, -0.25) is 4.90 Å². The second-order valence-electron chi connectivity index (χ2n) is 5.48. The predicted molar refractivity (Wildman–Crippen MR) is 77.6 cm³/mol. The van der Waals surface area contributed by atoms with Crippen LogP contribution in [0.15, 0.2) is 36.0 Å². The van der Waals surface area contributed by atoms with Gasteiger partial charge >= 0.3 is 0 Å². The highest BCUT2D eigenvalue weighted by molar-refractivity contribution is 5.93. The number of aromatic amines is 1. The van der Waals surface area contributed by atoms with Crippen molar-refractivity contribution in [3.63, 3.8) is 0 Å². The molecule has 0 saturated heterocycles. The summed E-state index contributed by atoms with van der Waals surface area (Å²) in [6, 6.07) is 9.18. The third-order valence-corrected chi connectivity index (χ3v) is 4.17. The summed E-state index contributed by atoms with van der Waals surface area (Å²) in [5, 5.41) is 1.35. The van der Waals surface area contributed by atoms with Crippen LogP contribution in [0, 0.1) is 0 Å². The molecule has 3 rings (SSSR count). The zero-order valence-electron chi connectivity index (χ0n) is 11.3. The number of aromatic nitrogens is 1. The molecule has 1 aliphatic rings. The number of hydrogen-bond donors (Lipinski definition) is 1. The van der Waals surface area contributed by atoms with Gasteiger partial charge in [-0.05, 0) is 39.0 Å². The number of para-hydroxylation sites is 1. The second-order valence-corrected chi connectivity index (χ2v) is 5.48. The molecule has 0 aliphatic carbocycles. The minimum atomic E-state index is 0.623. The average Bonchev–Trinajstić information content (AvgIpc) is 2.78. The molecule has 0 spiro atoms. The Morgan fingerprint density at radius 2 is 2.06 bits per heavy atom. The number of nitrogens with zero attached hydrogens (tertiary/aromatic N) is 1. The van der Waals surface area contributed by atoms with Crippen LogP contribution < -0.4 is 0 Å². The first-order valence-corrected chi connectivity index (χ1v) is 6.62. The van der Waals surface area contributed by atoms with Crippen LogP contribution in [0.2, 0.25) is 0 Å². The van der Waals surface area contributed by atoms with E-state index in [1.807, 2.05) is 0 Å². The van der Waals surface area contributed by atoms with Crippen LogP contribution >= 0.6 is 0 Å². The molecule has 0 unspecified atom stereocenters. The maximum atomic E-state index is 3.38. The van der Waals surface area contributed by atoms with Crippen LogP contribution in [0.3, 0.4) is 0 Å². The molecule has 0 radical (unpaired) electrons. The molecule has 1 aromatic heterocycles. The van der Waals surface area contributed by atoms with E-state index in [0.29, 0.717) is 6.04 Å². The van der Waals surface area contributed by atoms with Gasteiger partial charge < -0.3 is 4.98 Å². The van der Waals surface area contributed by atoms with E-state index < -0.39 is 0 Å². The molecular weight excluding hydrogens is 220 g/mol. The molecule has 1 aromatic carbocycles. The van der Waals surface area contributed by atoms with Gasteiger partial charge in [-0.2, -0.15) is 0 Å². The molecule has 0 amide bonds. The molecule has 0 bridgehead atoms. The van der Waals surface area contributed by atoms with Crippen LogP contribution in [-0.2, 0) is 0 Å². The quantitative estimate of drug-likeness (QED) is 0.806.